The summed E-state index contributed by atoms with van der Waals surface area (Å²) in [6.07, 6.45) is 6.93. The zero-order valence-electron chi connectivity index (χ0n) is 27.1. The van der Waals surface area contributed by atoms with Crippen LogP contribution in [0.2, 0.25) is 5.02 Å². The largest absolute Gasteiger partial charge is 0.347 e. The molecule has 0 radical (unpaired) electrons. The minimum Gasteiger partial charge on any atom is -0.347 e. The van der Waals surface area contributed by atoms with Crippen LogP contribution in [0.1, 0.15) is 91.0 Å². The van der Waals surface area contributed by atoms with Gasteiger partial charge in [0.15, 0.2) is 0 Å². The van der Waals surface area contributed by atoms with E-state index in [1.165, 1.54) is 12.8 Å². The summed E-state index contributed by atoms with van der Waals surface area (Å²) in [5.41, 5.74) is 0.864. The molecule has 2 aliphatic heterocycles. The van der Waals surface area contributed by atoms with Gasteiger partial charge in [0.1, 0.15) is 6.04 Å². The van der Waals surface area contributed by atoms with Gasteiger partial charge in [-0.05, 0) is 68.1 Å². The van der Waals surface area contributed by atoms with Crippen LogP contribution in [-0.4, -0.2) is 95.2 Å². The minimum absolute atomic E-state index is 0. The first-order chi connectivity index (χ1) is 19.7. The number of benzene rings is 1. The predicted molar refractivity (Wildman–Crippen MR) is 174 cm³/mol. The molecule has 2 saturated carbocycles. The van der Waals surface area contributed by atoms with Crippen LogP contribution < -0.4 is 0 Å². The van der Waals surface area contributed by atoms with Crippen molar-refractivity contribution in [3.8, 4) is 0 Å². The highest BCUT2D eigenvalue weighted by atomic mass is 35.5. The summed E-state index contributed by atoms with van der Waals surface area (Å²) in [4.78, 5) is 50.4. The van der Waals surface area contributed by atoms with Crippen LogP contribution in [0, 0.1) is 16.7 Å². The molecule has 0 spiro atoms. The number of nitrogens with zero attached hydrogens (tertiary/aromatic N) is 4. The van der Waals surface area contributed by atoms with Crippen molar-refractivity contribution >= 4 is 41.7 Å². The Bertz CT molecular complexity index is 1170. The molecule has 1 unspecified atom stereocenters. The lowest BCUT2D eigenvalue weighted by Crippen LogP contribution is -2.54. The fraction of sp³-hybridized carbons (Fsp3) is 0.735. The maximum Gasteiger partial charge on any atom is 0.244 e. The number of carbonyl (C=O) groups is 3. The van der Waals surface area contributed by atoms with Crippen molar-refractivity contribution < 1.29 is 14.4 Å². The Balaban J connectivity index is 0.00000423. The summed E-state index contributed by atoms with van der Waals surface area (Å²) in [5.74, 6) is -0.0578. The first-order valence-corrected chi connectivity index (χ1v) is 16.4. The Labute approximate surface area is 270 Å². The number of halogens is 2. The summed E-state index contributed by atoms with van der Waals surface area (Å²) >= 11 is 6.22. The molecule has 4 aliphatic rings. The third-order valence-corrected chi connectivity index (χ3v) is 10.5. The zero-order valence-corrected chi connectivity index (χ0v) is 28.7. The van der Waals surface area contributed by atoms with Gasteiger partial charge in [-0.2, -0.15) is 0 Å². The van der Waals surface area contributed by atoms with E-state index in [4.69, 9.17) is 11.6 Å². The molecule has 9 heteroatoms. The van der Waals surface area contributed by atoms with Crippen molar-refractivity contribution in [3.05, 3.63) is 34.9 Å². The van der Waals surface area contributed by atoms with Gasteiger partial charge in [0.2, 0.25) is 17.7 Å². The first-order valence-electron chi connectivity index (χ1n) is 16.0. The summed E-state index contributed by atoms with van der Waals surface area (Å²) < 4.78 is 0. The van der Waals surface area contributed by atoms with Crippen molar-refractivity contribution in [1.82, 2.24) is 19.6 Å². The fourth-order valence-corrected chi connectivity index (χ4v) is 7.68. The Morgan fingerprint density at radius 2 is 1.51 bits per heavy atom. The Morgan fingerprint density at radius 3 is 2.05 bits per heavy atom. The van der Waals surface area contributed by atoms with E-state index in [2.05, 4.69) is 23.6 Å². The second-order valence-electron chi connectivity index (χ2n) is 15.4. The highest BCUT2D eigenvalue weighted by Crippen LogP contribution is 2.43. The van der Waals surface area contributed by atoms with Crippen LogP contribution >= 0.6 is 24.0 Å². The van der Waals surface area contributed by atoms with Crippen molar-refractivity contribution in [2.75, 3.05) is 33.7 Å². The van der Waals surface area contributed by atoms with Gasteiger partial charge in [-0.25, -0.2) is 0 Å². The van der Waals surface area contributed by atoms with E-state index >= 15 is 0 Å². The van der Waals surface area contributed by atoms with Crippen LogP contribution in [0.4, 0.5) is 0 Å². The predicted octanol–water partition coefficient (Wildman–Crippen LogP) is 5.84. The third-order valence-electron chi connectivity index (χ3n) is 10.3. The monoisotopic (exact) mass is 634 g/mol. The molecule has 7 nitrogen and oxygen atoms in total. The number of hydrogen-bond donors (Lipinski definition) is 0. The molecule has 2 saturated heterocycles. The van der Waals surface area contributed by atoms with Gasteiger partial charge in [-0.1, -0.05) is 58.4 Å². The lowest BCUT2D eigenvalue weighted by molar-refractivity contribution is -0.147. The molecule has 4 fully saturated rings. The molecule has 0 bridgehead atoms. The smallest absolute Gasteiger partial charge is 0.244 e. The third kappa shape index (κ3) is 7.36. The summed E-state index contributed by atoms with van der Waals surface area (Å²) in [6.45, 7) is 12.5. The average Bonchev–Trinajstić information content (AvgIpc) is 3.53. The molecule has 43 heavy (non-hydrogen) atoms. The number of carbonyl (C=O) groups excluding carboxylic acids is 3. The van der Waals surface area contributed by atoms with Crippen molar-refractivity contribution in [3.63, 3.8) is 0 Å². The van der Waals surface area contributed by atoms with Gasteiger partial charge in [-0.3, -0.25) is 19.3 Å². The van der Waals surface area contributed by atoms with E-state index < -0.39 is 11.5 Å². The van der Waals surface area contributed by atoms with Crippen molar-refractivity contribution in [1.29, 1.82) is 0 Å². The van der Waals surface area contributed by atoms with Crippen LogP contribution in [0.5, 0.6) is 0 Å². The minimum atomic E-state index is -0.561. The average molecular weight is 636 g/mol. The van der Waals surface area contributed by atoms with E-state index in [-0.39, 0.29) is 59.5 Å². The number of hydrogen-bond acceptors (Lipinski definition) is 4. The summed E-state index contributed by atoms with van der Waals surface area (Å²) in [5, 5.41) is 0.687. The lowest BCUT2D eigenvalue weighted by Gasteiger charge is -2.45. The van der Waals surface area contributed by atoms with Gasteiger partial charge in [0.25, 0.3) is 0 Å². The quantitative estimate of drug-likeness (QED) is 0.394. The highest BCUT2D eigenvalue weighted by Gasteiger charge is 2.51. The van der Waals surface area contributed by atoms with E-state index in [0.717, 1.165) is 37.8 Å². The Morgan fingerprint density at radius 1 is 0.907 bits per heavy atom. The van der Waals surface area contributed by atoms with Gasteiger partial charge in [-0.15, -0.1) is 12.4 Å². The molecule has 1 aromatic rings. The number of rotatable bonds is 6. The molecular weight excluding hydrogens is 583 g/mol. The number of likely N-dealkylation sites (tertiary alicyclic amines) is 2. The van der Waals surface area contributed by atoms with E-state index in [9.17, 15) is 14.4 Å². The van der Waals surface area contributed by atoms with Crippen molar-refractivity contribution in [2.45, 2.75) is 110 Å². The molecule has 4 atom stereocenters. The van der Waals surface area contributed by atoms with Gasteiger partial charge in [0.05, 0.1) is 12.0 Å². The molecule has 3 amide bonds. The molecule has 0 aromatic heterocycles. The van der Waals surface area contributed by atoms with E-state index in [1.807, 2.05) is 49.9 Å². The molecule has 2 aliphatic carbocycles. The maximum atomic E-state index is 14.6. The number of amides is 3. The SMILES string of the molecule is CN(C)C(=O)[C@@H]1CC(N(C(=O)C(C)(C)C)C2CCC(C)(C)CC2)CN1C(=O)[C@@H]1CN(C2CC2)C[C@H]1c1ccc(Cl)cc1.Cl. The molecule has 240 valence electrons. The Hall–Kier alpha value is -1.83. The van der Waals surface area contributed by atoms with Crippen molar-refractivity contribution in [2.24, 2.45) is 16.7 Å². The molecule has 0 N–H and O–H groups in total. The topological polar surface area (TPSA) is 64.2 Å². The van der Waals surface area contributed by atoms with Crippen LogP contribution in [0.15, 0.2) is 24.3 Å². The highest BCUT2D eigenvalue weighted by molar-refractivity contribution is 6.30. The summed E-state index contributed by atoms with van der Waals surface area (Å²) in [6, 6.07) is 7.87. The normalized spacial score (nSPS) is 28.0. The molecular formula is C34H52Cl2N4O3. The first kappa shape index (κ1) is 34.1. The number of likely N-dealkylation sites (N-methyl/N-ethyl adjacent to an activating group) is 1. The summed E-state index contributed by atoms with van der Waals surface area (Å²) in [7, 11) is 3.53. The fourth-order valence-electron chi connectivity index (χ4n) is 7.55. The van der Waals surface area contributed by atoms with E-state index in [1.54, 1.807) is 19.0 Å². The maximum absolute atomic E-state index is 14.6. The van der Waals surface area contributed by atoms with Crippen LogP contribution in [0.25, 0.3) is 0 Å². The van der Waals surface area contributed by atoms with Gasteiger partial charge >= 0.3 is 0 Å². The van der Waals surface area contributed by atoms with Gasteiger partial charge in [0, 0.05) is 62.2 Å². The molecule has 2 heterocycles. The van der Waals surface area contributed by atoms with Crippen LogP contribution in [0.3, 0.4) is 0 Å². The lowest BCUT2D eigenvalue weighted by atomic mass is 9.74. The second kappa shape index (κ2) is 12.9. The van der Waals surface area contributed by atoms with Crippen LogP contribution in [-0.2, 0) is 14.4 Å². The van der Waals surface area contributed by atoms with Gasteiger partial charge < -0.3 is 14.7 Å². The molecule has 5 rings (SSSR count). The molecule has 1 aromatic carbocycles. The Kier molecular flexibility index (Phi) is 10.2. The zero-order chi connectivity index (χ0) is 30.6. The van der Waals surface area contributed by atoms with E-state index in [0.29, 0.717) is 30.6 Å². The standard InChI is InChI=1S/C34H51ClN4O3.ClH/c1-33(2,3)32(42)39(25-14-16-34(4,5)17-15-25)26-18-29(31(41)36(6)7)38(19-26)30(40)28-21-37(24-12-13-24)20-27(28)22-8-10-23(35)11-9-22;/h8-11,24-29H,12-21H2,1-7H3;1H/t26?,27-,28+,29-;/m0./s1. The second-order valence-corrected chi connectivity index (χ2v) is 15.9.